The smallest absolute Gasteiger partial charge is 0.106 e. The summed E-state index contributed by atoms with van der Waals surface area (Å²) in [5.41, 5.74) is 3.73. The van der Waals surface area contributed by atoms with Gasteiger partial charge in [0.05, 0.1) is 7.57 Å². The van der Waals surface area contributed by atoms with Crippen molar-refractivity contribution in [1.82, 2.24) is 0 Å². The lowest BCUT2D eigenvalue weighted by Gasteiger charge is -2.15. The first-order valence-electron chi connectivity index (χ1n) is 5.29. The van der Waals surface area contributed by atoms with Gasteiger partial charge in [-0.2, -0.15) is 0 Å². The highest BCUT2D eigenvalue weighted by molar-refractivity contribution is 9.12. The zero-order valence-corrected chi connectivity index (χ0v) is 14.5. The quantitative estimate of drug-likeness (QED) is 0.681. The maximum atomic E-state index is 10.5. The zero-order chi connectivity index (χ0) is 13.4. The molecule has 0 bridgehead atoms. The van der Waals surface area contributed by atoms with E-state index in [9.17, 15) is 5.11 Å². The SMILES string of the molecule is Cc1cc(C(O)c2cc(Br)sc2Br)c(C)cc1Cl. The molecule has 5 heteroatoms. The van der Waals surface area contributed by atoms with Gasteiger partial charge in [0.2, 0.25) is 0 Å². The minimum absolute atomic E-state index is 0.641. The van der Waals surface area contributed by atoms with Crippen molar-refractivity contribution in [3.63, 3.8) is 0 Å². The van der Waals surface area contributed by atoms with E-state index in [4.69, 9.17) is 11.6 Å². The summed E-state index contributed by atoms with van der Waals surface area (Å²) in [7, 11) is 0. The Bertz CT molecular complexity index is 595. The van der Waals surface area contributed by atoms with Crippen LogP contribution in [0, 0.1) is 13.8 Å². The predicted molar refractivity (Wildman–Crippen MR) is 84.7 cm³/mol. The van der Waals surface area contributed by atoms with Gasteiger partial charge in [-0.1, -0.05) is 17.7 Å². The van der Waals surface area contributed by atoms with Gasteiger partial charge < -0.3 is 5.11 Å². The van der Waals surface area contributed by atoms with Gasteiger partial charge in [-0.25, -0.2) is 0 Å². The standard InChI is InChI=1S/C13H11Br2ClOS/c1-6-4-10(16)7(2)3-8(6)12(17)9-5-11(14)18-13(9)15/h3-5,12,17H,1-2H3. The molecule has 0 saturated heterocycles. The molecule has 1 aromatic heterocycles. The van der Waals surface area contributed by atoms with Gasteiger partial charge in [0.15, 0.2) is 0 Å². The van der Waals surface area contributed by atoms with Crippen LogP contribution in [-0.2, 0) is 0 Å². The van der Waals surface area contributed by atoms with E-state index in [0.29, 0.717) is 0 Å². The second-order valence-electron chi connectivity index (χ2n) is 4.14. The van der Waals surface area contributed by atoms with E-state index >= 15 is 0 Å². The van der Waals surface area contributed by atoms with Crippen LogP contribution in [0.25, 0.3) is 0 Å². The van der Waals surface area contributed by atoms with Crippen molar-refractivity contribution < 1.29 is 5.11 Å². The van der Waals surface area contributed by atoms with Gasteiger partial charge in [-0.3, -0.25) is 0 Å². The van der Waals surface area contributed by atoms with Crippen LogP contribution in [0.1, 0.15) is 28.4 Å². The molecule has 2 aromatic rings. The van der Waals surface area contributed by atoms with Crippen LogP contribution in [0.5, 0.6) is 0 Å². The van der Waals surface area contributed by atoms with Crippen molar-refractivity contribution in [2.45, 2.75) is 20.0 Å². The average molecular weight is 411 g/mol. The van der Waals surface area contributed by atoms with Crippen LogP contribution in [0.4, 0.5) is 0 Å². The Morgan fingerprint density at radius 2 is 1.78 bits per heavy atom. The molecular formula is C13H11Br2ClOS. The lowest BCUT2D eigenvalue weighted by molar-refractivity contribution is 0.219. The summed E-state index contributed by atoms with van der Waals surface area (Å²) < 4.78 is 1.93. The first-order chi connectivity index (χ1) is 8.40. The van der Waals surface area contributed by atoms with Crippen molar-refractivity contribution in [3.8, 4) is 0 Å². The molecule has 1 unspecified atom stereocenters. The minimum atomic E-state index is -0.641. The Hall–Kier alpha value is 0.130. The maximum Gasteiger partial charge on any atom is 0.106 e. The molecule has 96 valence electrons. The number of aliphatic hydroxyl groups excluding tert-OH is 1. The minimum Gasteiger partial charge on any atom is -0.384 e. The third-order valence-corrected chi connectivity index (χ3v) is 5.61. The Morgan fingerprint density at radius 1 is 1.11 bits per heavy atom. The van der Waals surface area contributed by atoms with Crippen LogP contribution in [0.3, 0.4) is 0 Å². The number of hydrogen-bond acceptors (Lipinski definition) is 2. The number of halogens is 3. The lowest BCUT2D eigenvalue weighted by atomic mass is 9.97. The molecule has 1 heterocycles. The fourth-order valence-electron chi connectivity index (χ4n) is 1.80. The van der Waals surface area contributed by atoms with E-state index < -0.39 is 6.10 Å². The van der Waals surface area contributed by atoms with Gasteiger partial charge in [0.1, 0.15) is 6.10 Å². The molecule has 0 fully saturated rings. The summed E-state index contributed by atoms with van der Waals surface area (Å²) in [6.07, 6.45) is -0.641. The highest BCUT2D eigenvalue weighted by atomic mass is 79.9. The highest BCUT2D eigenvalue weighted by Crippen LogP contribution is 2.39. The van der Waals surface area contributed by atoms with Crippen LogP contribution in [0.2, 0.25) is 5.02 Å². The Morgan fingerprint density at radius 3 is 2.33 bits per heavy atom. The van der Waals surface area contributed by atoms with Gasteiger partial charge in [-0.05, 0) is 74.5 Å². The molecule has 18 heavy (non-hydrogen) atoms. The number of benzene rings is 1. The second-order valence-corrected chi connectivity index (χ2v) is 8.30. The van der Waals surface area contributed by atoms with Crippen LogP contribution in [-0.4, -0.2) is 5.11 Å². The fourth-order valence-corrected chi connectivity index (χ4v) is 4.91. The van der Waals surface area contributed by atoms with E-state index in [1.807, 2.05) is 32.0 Å². The number of aliphatic hydroxyl groups is 1. The lowest BCUT2D eigenvalue weighted by Crippen LogP contribution is -2.02. The third kappa shape index (κ3) is 2.83. The summed E-state index contributed by atoms with van der Waals surface area (Å²) >= 11 is 14.5. The molecule has 2 rings (SSSR count). The van der Waals surface area contributed by atoms with Crippen LogP contribution in [0.15, 0.2) is 25.8 Å². The van der Waals surface area contributed by atoms with E-state index in [1.165, 1.54) is 0 Å². The molecular weight excluding hydrogens is 399 g/mol. The third-order valence-electron chi connectivity index (χ3n) is 2.82. The Balaban J connectivity index is 2.49. The van der Waals surface area contributed by atoms with E-state index in [0.717, 1.165) is 34.8 Å². The van der Waals surface area contributed by atoms with Crippen molar-refractivity contribution in [3.05, 3.63) is 53.0 Å². The van der Waals surface area contributed by atoms with E-state index in [-0.39, 0.29) is 0 Å². The van der Waals surface area contributed by atoms with Crippen molar-refractivity contribution >= 4 is 54.8 Å². The highest BCUT2D eigenvalue weighted by Gasteiger charge is 2.19. The first kappa shape index (κ1) is 14.5. The van der Waals surface area contributed by atoms with E-state index in [1.54, 1.807) is 11.3 Å². The summed E-state index contributed by atoms with van der Waals surface area (Å²) in [5.74, 6) is 0. The summed E-state index contributed by atoms with van der Waals surface area (Å²) in [4.78, 5) is 0. The van der Waals surface area contributed by atoms with Gasteiger partial charge in [0.25, 0.3) is 0 Å². The Kier molecular flexibility index (Phi) is 4.55. The average Bonchev–Trinajstić information content (AvgIpc) is 2.62. The molecule has 1 nitrogen and oxygen atoms in total. The molecule has 0 amide bonds. The molecule has 1 aromatic carbocycles. The molecule has 0 saturated carbocycles. The molecule has 0 aliphatic heterocycles. The van der Waals surface area contributed by atoms with Crippen molar-refractivity contribution in [2.75, 3.05) is 0 Å². The number of aryl methyl sites for hydroxylation is 2. The molecule has 0 radical (unpaired) electrons. The second kappa shape index (κ2) is 5.63. The first-order valence-corrected chi connectivity index (χ1v) is 8.07. The fraction of sp³-hybridized carbons (Fsp3) is 0.231. The largest absolute Gasteiger partial charge is 0.384 e. The molecule has 0 aliphatic rings. The van der Waals surface area contributed by atoms with Gasteiger partial charge >= 0.3 is 0 Å². The number of hydrogen-bond donors (Lipinski definition) is 1. The zero-order valence-electron chi connectivity index (χ0n) is 9.80. The molecule has 0 spiro atoms. The number of thiophene rings is 1. The van der Waals surface area contributed by atoms with E-state index in [2.05, 4.69) is 31.9 Å². The van der Waals surface area contributed by atoms with Crippen LogP contribution < -0.4 is 0 Å². The van der Waals surface area contributed by atoms with Gasteiger partial charge in [0, 0.05) is 10.6 Å². The van der Waals surface area contributed by atoms with Crippen molar-refractivity contribution in [1.29, 1.82) is 0 Å². The van der Waals surface area contributed by atoms with Crippen molar-refractivity contribution in [2.24, 2.45) is 0 Å². The summed E-state index contributed by atoms with van der Waals surface area (Å²) in [6.45, 7) is 3.90. The Labute approximate surface area is 132 Å². The molecule has 1 atom stereocenters. The normalized spacial score (nSPS) is 12.8. The number of rotatable bonds is 2. The monoisotopic (exact) mass is 408 g/mol. The van der Waals surface area contributed by atoms with Gasteiger partial charge in [-0.15, -0.1) is 11.3 Å². The molecule has 0 aliphatic carbocycles. The van der Waals surface area contributed by atoms with Crippen LogP contribution >= 0.6 is 54.8 Å². The summed E-state index contributed by atoms with van der Waals surface area (Å²) in [5, 5.41) is 11.2. The summed E-state index contributed by atoms with van der Waals surface area (Å²) in [6, 6.07) is 5.77. The predicted octanol–water partition coefficient (Wildman–Crippen LogP) is 5.63. The maximum absolute atomic E-state index is 10.5. The topological polar surface area (TPSA) is 20.2 Å². The molecule has 1 N–H and O–H groups in total.